The third-order valence-electron chi connectivity index (χ3n) is 9.02. The van der Waals surface area contributed by atoms with Crippen LogP contribution in [0.25, 0.3) is 0 Å². The Bertz CT molecular complexity index is 595. The molecule has 3 saturated carbocycles. The molecule has 9 atom stereocenters. The van der Waals surface area contributed by atoms with Gasteiger partial charge in [0.1, 0.15) is 0 Å². The van der Waals surface area contributed by atoms with Crippen LogP contribution >= 0.6 is 0 Å². The number of hydrogen-bond donors (Lipinski definition) is 0. The molecule has 0 aromatic carbocycles. The van der Waals surface area contributed by atoms with Crippen molar-refractivity contribution in [2.45, 2.75) is 91.1 Å². The quantitative estimate of drug-likeness (QED) is 0.535. The summed E-state index contributed by atoms with van der Waals surface area (Å²) in [5, 5.41) is 0. The summed E-state index contributed by atoms with van der Waals surface area (Å²) in [4.78, 5) is 0. The highest BCUT2D eigenvalue weighted by molar-refractivity contribution is 5.19. The minimum absolute atomic E-state index is 0.260. The lowest BCUT2D eigenvalue weighted by atomic mass is 9.45. The smallest absolute Gasteiger partial charge is 0.163 e. The van der Waals surface area contributed by atoms with Crippen molar-refractivity contribution < 1.29 is 9.47 Å². The summed E-state index contributed by atoms with van der Waals surface area (Å²) in [6.45, 7) is 11.9. The van der Waals surface area contributed by atoms with Gasteiger partial charge in [-0.3, -0.25) is 0 Å². The van der Waals surface area contributed by atoms with E-state index in [1.165, 1.54) is 38.5 Å². The van der Waals surface area contributed by atoms with Crippen LogP contribution in [-0.2, 0) is 9.47 Å². The molecule has 5 unspecified atom stereocenters. The van der Waals surface area contributed by atoms with Crippen LogP contribution in [0.15, 0.2) is 12.2 Å². The van der Waals surface area contributed by atoms with E-state index in [1.54, 1.807) is 0 Å². The van der Waals surface area contributed by atoms with Gasteiger partial charge >= 0.3 is 0 Å². The van der Waals surface area contributed by atoms with E-state index in [1.807, 2.05) is 0 Å². The zero-order chi connectivity index (χ0) is 17.6. The maximum atomic E-state index is 6.65. The van der Waals surface area contributed by atoms with E-state index in [9.17, 15) is 0 Å². The first-order chi connectivity index (χ1) is 11.7. The summed E-state index contributed by atoms with van der Waals surface area (Å²) in [7, 11) is 0. The maximum absolute atomic E-state index is 6.65. The summed E-state index contributed by atoms with van der Waals surface area (Å²) in [5.41, 5.74) is 0.937. The molecular formula is C23H36O2. The van der Waals surface area contributed by atoms with Gasteiger partial charge in [0.2, 0.25) is 0 Å². The molecule has 0 bridgehead atoms. The molecule has 0 aromatic rings. The van der Waals surface area contributed by atoms with Crippen molar-refractivity contribution in [1.82, 2.24) is 0 Å². The van der Waals surface area contributed by atoms with Crippen molar-refractivity contribution >= 4 is 0 Å². The highest BCUT2D eigenvalue weighted by Crippen LogP contribution is 2.68. The van der Waals surface area contributed by atoms with Crippen LogP contribution in [0.1, 0.15) is 73.1 Å². The van der Waals surface area contributed by atoms with Crippen molar-refractivity contribution in [3.63, 3.8) is 0 Å². The molecule has 0 radical (unpaired) electrons. The summed E-state index contributed by atoms with van der Waals surface area (Å²) in [5.74, 6) is 3.33. The van der Waals surface area contributed by atoms with Crippen LogP contribution in [0.2, 0.25) is 0 Å². The first kappa shape index (κ1) is 16.8. The first-order valence-corrected chi connectivity index (χ1v) is 10.8. The molecule has 0 N–H and O–H groups in total. The van der Waals surface area contributed by atoms with Gasteiger partial charge in [0.25, 0.3) is 0 Å². The highest BCUT2D eigenvalue weighted by atomic mass is 16.8. The second kappa shape index (κ2) is 5.13. The highest BCUT2D eigenvalue weighted by Gasteiger charge is 2.66. The summed E-state index contributed by atoms with van der Waals surface area (Å²) >= 11 is 0. The van der Waals surface area contributed by atoms with Gasteiger partial charge in [-0.15, -0.1) is 0 Å². The molecule has 2 heteroatoms. The van der Waals surface area contributed by atoms with Crippen LogP contribution in [0.4, 0.5) is 0 Å². The van der Waals surface area contributed by atoms with Crippen LogP contribution in [0.3, 0.4) is 0 Å². The Morgan fingerprint density at radius 1 is 0.960 bits per heavy atom. The van der Waals surface area contributed by atoms with Crippen LogP contribution in [-0.4, -0.2) is 18.0 Å². The lowest BCUT2D eigenvalue weighted by Gasteiger charge is -2.61. The molecule has 140 valence electrons. The SMILES string of the molecule is CC1CC2C3C(CC[C@]2(C)C1)[C@@]1(C)CCC=CC1[C@H]1OC(C)(C)O[C@H]31. The van der Waals surface area contributed by atoms with Crippen LogP contribution in [0.5, 0.6) is 0 Å². The molecule has 4 aliphatic carbocycles. The van der Waals surface area contributed by atoms with Crippen molar-refractivity contribution in [1.29, 1.82) is 0 Å². The molecule has 0 aromatic heterocycles. The summed E-state index contributed by atoms with van der Waals surface area (Å²) in [6, 6.07) is 0. The topological polar surface area (TPSA) is 18.5 Å². The Labute approximate surface area is 153 Å². The van der Waals surface area contributed by atoms with Gasteiger partial charge in [-0.1, -0.05) is 32.9 Å². The van der Waals surface area contributed by atoms with Crippen molar-refractivity contribution in [3.8, 4) is 0 Å². The van der Waals surface area contributed by atoms with E-state index in [4.69, 9.17) is 9.47 Å². The first-order valence-electron chi connectivity index (χ1n) is 10.8. The van der Waals surface area contributed by atoms with Gasteiger partial charge in [-0.25, -0.2) is 0 Å². The minimum Gasteiger partial charge on any atom is -0.344 e. The largest absolute Gasteiger partial charge is 0.344 e. The molecule has 0 spiro atoms. The van der Waals surface area contributed by atoms with Gasteiger partial charge in [-0.05, 0) is 86.9 Å². The number of allylic oxidation sites excluding steroid dienone is 1. The van der Waals surface area contributed by atoms with Crippen molar-refractivity contribution in [3.05, 3.63) is 12.2 Å². The van der Waals surface area contributed by atoms with Gasteiger partial charge in [0, 0.05) is 5.92 Å². The number of ether oxygens (including phenoxy) is 2. The van der Waals surface area contributed by atoms with Gasteiger partial charge < -0.3 is 9.47 Å². The lowest BCUT2D eigenvalue weighted by Crippen LogP contribution is -2.61. The van der Waals surface area contributed by atoms with Crippen LogP contribution in [0, 0.1) is 40.4 Å². The molecule has 1 heterocycles. The summed E-state index contributed by atoms with van der Waals surface area (Å²) < 4.78 is 13.2. The molecule has 25 heavy (non-hydrogen) atoms. The number of fused-ring (bicyclic) bond motifs is 8. The fourth-order valence-corrected chi connectivity index (χ4v) is 8.18. The second-order valence-corrected chi connectivity index (χ2v) is 11.1. The van der Waals surface area contributed by atoms with E-state index in [0.29, 0.717) is 28.8 Å². The van der Waals surface area contributed by atoms with Crippen molar-refractivity contribution in [2.24, 2.45) is 40.4 Å². The van der Waals surface area contributed by atoms with E-state index >= 15 is 0 Å². The maximum Gasteiger partial charge on any atom is 0.163 e. The Kier molecular flexibility index (Phi) is 3.45. The molecule has 1 aliphatic heterocycles. The predicted molar refractivity (Wildman–Crippen MR) is 100 cm³/mol. The van der Waals surface area contributed by atoms with E-state index < -0.39 is 5.79 Å². The Balaban J connectivity index is 1.61. The minimum atomic E-state index is -0.422. The fourth-order valence-electron chi connectivity index (χ4n) is 8.18. The Morgan fingerprint density at radius 2 is 1.72 bits per heavy atom. The molecule has 0 amide bonds. The fraction of sp³-hybridized carbons (Fsp3) is 0.913. The van der Waals surface area contributed by atoms with Gasteiger partial charge in [-0.2, -0.15) is 0 Å². The Morgan fingerprint density at radius 3 is 2.52 bits per heavy atom. The normalized spacial score (nSPS) is 59.0. The molecule has 5 aliphatic rings. The third-order valence-corrected chi connectivity index (χ3v) is 9.02. The van der Waals surface area contributed by atoms with Gasteiger partial charge in [0.05, 0.1) is 12.2 Å². The predicted octanol–water partition coefficient (Wildman–Crippen LogP) is 5.57. The molecular weight excluding hydrogens is 308 g/mol. The Hall–Kier alpha value is -0.340. The van der Waals surface area contributed by atoms with E-state index in [-0.39, 0.29) is 6.10 Å². The standard InChI is InChI=1S/C23H36O2/c1-14-12-17-18-15(9-11-22(17,4)13-14)23(5)10-7-6-8-16(23)19-20(18)25-21(2,3)24-19/h6,8,14-20H,7,9-13H2,1-5H3/t14?,15?,16?,17?,18?,19-,20-,22-,23-/m1/s1. The number of hydrogen-bond acceptors (Lipinski definition) is 2. The average Bonchev–Trinajstić information content (AvgIpc) is 3.01. The summed E-state index contributed by atoms with van der Waals surface area (Å²) in [6.07, 6.45) is 13.7. The third kappa shape index (κ3) is 2.22. The van der Waals surface area contributed by atoms with E-state index in [0.717, 1.165) is 17.8 Å². The molecule has 2 nitrogen and oxygen atoms in total. The van der Waals surface area contributed by atoms with E-state index in [2.05, 4.69) is 46.8 Å². The monoisotopic (exact) mass is 344 g/mol. The second-order valence-electron chi connectivity index (χ2n) is 11.1. The number of rotatable bonds is 0. The van der Waals surface area contributed by atoms with Crippen LogP contribution < -0.4 is 0 Å². The molecule has 1 saturated heterocycles. The molecule has 5 rings (SSSR count). The average molecular weight is 345 g/mol. The zero-order valence-electron chi connectivity index (χ0n) is 16.8. The van der Waals surface area contributed by atoms with Crippen molar-refractivity contribution in [2.75, 3.05) is 0 Å². The zero-order valence-corrected chi connectivity index (χ0v) is 16.8. The van der Waals surface area contributed by atoms with Gasteiger partial charge in [0.15, 0.2) is 5.79 Å². The lowest BCUT2D eigenvalue weighted by molar-refractivity contribution is -0.164. The molecule has 4 fully saturated rings.